The van der Waals surface area contributed by atoms with Gasteiger partial charge in [0, 0.05) is 23.7 Å². The number of hydrogen-bond acceptors (Lipinski definition) is 4. The Morgan fingerprint density at radius 3 is 1.57 bits per heavy atom. The van der Waals surface area contributed by atoms with Gasteiger partial charge in [0.1, 0.15) is 0 Å². The van der Waals surface area contributed by atoms with Crippen LogP contribution in [0.15, 0.2) is 24.3 Å². The van der Waals surface area contributed by atoms with Gasteiger partial charge >= 0.3 is 11.9 Å². The van der Waals surface area contributed by atoms with E-state index in [1.165, 1.54) is 21.6 Å². The smallest absolute Gasteiger partial charge is 0.328 e. The second kappa shape index (κ2) is 8.71. The van der Waals surface area contributed by atoms with Crippen LogP contribution in [0.25, 0.3) is 0 Å². The average molecular weight is 234 g/mol. The fraction of sp³-hybridized carbons (Fsp3) is 0.250. The molecule has 0 saturated carbocycles. The highest BCUT2D eigenvalue weighted by atomic mass is 33.1. The first-order valence-corrected chi connectivity index (χ1v) is 6.15. The minimum atomic E-state index is -0.957. The predicted octanol–water partition coefficient (Wildman–Crippen LogP) is 1.65. The first kappa shape index (κ1) is 13.1. The van der Waals surface area contributed by atoms with Crippen LogP contribution < -0.4 is 0 Å². The highest BCUT2D eigenvalue weighted by Gasteiger charge is 1.88. The summed E-state index contributed by atoms with van der Waals surface area (Å²) in [5.41, 5.74) is 0. The van der Waals surface area contributed by atoms with E-state index in [-0.39, 0.29) is 0 Å². The third kappa shape index (κ3) is 11.1. The van der Waals surface area contributed by atoms with E-state index >= 15 is 0 Å². The first-order chi connectivity index (χ1) is 6.63. The molecule has 0 aliphatic heterocycles. The van der Waals surface area contributed by atoms with Crippen molar-refractivity contribution in [2.24, 2.45) is 0 Å². The summed E-state index contributed by atoms with van der Waals surface area (Å²) in [6.07, 6.45) is 5.25. The molecular formula is C8H10O4S2. The van der Waals surface area contributed by atoms with Crippen molar-refractivity contribution in [3.05, 3.63) is 24.3 Å². The van der Waals surface area contributed by atoms with Crippen molar-refractivity contribution in [3.8, 4) is 0 Å². The molecule has 0 aliphatic rings. The third-order valence-corrected chi connectivity index (χ3v) is 3.07. The SMILES string of the molecule is O=C(O)C=CCSSCC=CC(=O)O. The molecule has 0 unspecified atom stereocenters. The maximum absolute atomic E-state index is 10.0. The van der Waals surface area contributed by atoms with Crippen LogP contribution >= 0.6 is 21.6 Å². The zero-order chi connectivity index (χ0) is 10.8. The Balaban J connectivity index is 3.30. The summed E-state index contributed by atoms with van der Waals surface area (Å²) in [6.45, 7) is 0. The summed E-state index contributed by atoms with van der Waals surface area (Å²) in [4.78, 5) is 20.1. The van der Waals surface area contributed by atoms with Crippen molar-refractivity contribution in [2.75, 3.05) is 11.5 Å². The van der Waals surface area contributed by atoms with Crippen LogP contribution in [0.2, 0.25) is 0 Å². The molecule has 14 heavy (non-hydrogen) atoms. The molecule has 6 heteroatoms. The van der Waals surface area contributed by atoms with Crippen molar-refractivity contribution in [1.82, 2.24) is 0 Å². The van der Waals surface area contributed by atoms with Crippen molar-refractivity contribution in [3.63, 3.8) is 0 Å². The molecule has 78 valence electrons. The number of aliphatic carboxylic acids is 2. The van der Waals surface area contributed by atoms with Crippen LogP contribution in [0.1, 0.15) is 0 Å². The van der Waals surface area contributed by atoms with E-state index in [1.54, 1.807) is 12.2 Å². The Morgan fingerprint density at radius 1 is 0.929 bits per heavy atom. The van der Waals surface area contributed by atoms with Crippen LogP contribution in [-0.4, -0.2) is 33.7 Å². The summed E-state index contributed by atoms with van der Waals surface area (Å²) < 4.78 is 0. The van der Waals surface area contributed by atoms with Crippen LogP contribution in [0, 0.1) is 0 Å². The summed E-state index contributed by atoms with van der Waals surface area (Å²) in [5.74, 6) is -0.724. The van der Waals surface area contributed by atoms with E-state index in [4.69, 9.17) is 10.2 Å². The van der Waals surface area contributed by atoms with Gasteiger partial charge in [0.2, 0.25) is 0 Å². The summed E-state index contributed by atoms with van der Waals surface area (Å²) in [6, 6.07) is 0. The van der Waals surface area contributed by atoms with E-state index in [0.717, 1.165) is 12.2 Å². The topological polar surface area (TPSA) is 74.6 Å². The van der Waals surface area contributed by atoms with Crippen molar-refractivity contribution in [2.45, 2.75) is 0 Å². The van der Waals surface area contributed by atoms with Crippen molar-refractivity contribution < 1.29 is 19.8 Å². The lowest BCUT2D eigenvalue weighted by Gasteiger charge is -1.91. The monoisotopic (exact) mass is 234 g/mol. The molecule has 0 aromatic heterocycles. The normalized spacial score (nSPS) is 11.1. The number of carboxylic acid groups (broad SMARTS) is 2. The molecule has 0 fully saturated rings. The highest BCUT2D eigenvalue weighted by molar-refractivity contribution is 8.76. The maximum atomic E-state index is 10.0. The van der Waals surface area contributed by atoms with Gasteiger partial charge < -0.3 is 10.2 Å². The highest BCUT2D eigenvalue weighted by Crippen LogP contribution is 2.20. The first-order valence-electron chi connectivity index (χ1n) is 3.66. The Kier molecular flexibility index (Phi) is 8.16. The van der Waals surface area contributed by atoms with E-state index < -0.39 is 11.9 Å². The van der Waals surface area contributed by atoms with E-state index in [1.807, 2.05) is 0 Å². The summed E-state index contributed by atoms with van der Waals surface area (Å²) in [5, 5.41) is 16.5. The van der Waals surface area contributed by atoms with E-state index in [0.29, 0.717) is 11.5 Å². The molecule has 0 aliphatic carbocycles. The summed E-state index contributed by atoms with van der Waals surface area (Å²) in [7, 11) is 2.94. The van der Waals surface area contributed by atoms with Crippen LogP contribution in [0.4, 0.5) is 0 Å². The second-order valence-corrected chi connectivity index (χ2v) is 4.60. The zero-order valence-corrected chi connectivity index (χ0v) is 8.88. The minimum Gasteiger partial charge on any atom is -0.478 e. The fourth-order valence-corrected chi connectivity index (χ4v) is 2.06. The van der Waals surface area contributed by atoms with Gasteiger partial charge in [-0.3, -0.25) is 0 Å². The number of hydrogen-bond donors (Lipinski definition) is 2. The van der Waals surface area contributed by atoms with Crippen LogP contribution in [-0.2, 0) is 9.59 Å². The molecule has 0 saturated heterocycles. The standard InChI is InChI=1S/C8H10O4S2/c9-7(10)3-1-5-13-14-6-2-4-8(11)12/h1-4H,5-6H2,(H,9,10)(H,11,12). The molecule has 0 aromatic rings. The minimum absolute atomic E-state index is 0.595. The van der Waals surface area contributed by atoms with Gasteiger partial charge in [-0.15, -0.1) is 0 Å². The molecule has 0 aromatic carbocycles. The molecule has 2 N–H and O–H groups in total. The van der Waals surface area contributed by atoms with Crippen LogP contribution in [0.3, 0.4) is 0 Å². The third-order valence-electron chi connectivity index (χ3n) is 0.933. The number of rotatable bonds is 7. The molecule has 0 bridgehead atoms. The van der Waals surface area contributed by atoms with Gasteiger partial charge in [-0.2, -0.15) is 0 Å². The summed E-state index contributed by atoms with van der Waals surface area (Å²) >= 11 is 0. The molecule has 0 rings (SSSR count). The van der Waals surface area contributed by atoms with E-state index in [9.17, 15) is 9.59 Å². The largest absolute Gasteiger partial charge is 0.478 e. The Morgan fingerprint density at radius 2 is 1.29 bits per heavy atom. The lowest BCUT2D eigenvalue weighted by molar-refractivity contribution is -0.132. The lowest BCUT2D eigenvalue weighted by atomic mass is 10.5. The number of carbonyl (C=O) groups is 2. The molecule has 4 nitrogen and oxygen atoms in total. The maximum Gasteiger partial charge on any atom is 0.328 e. The molecule has 0 heterocycles. The van der Waals surface area contributed by atoms with Gasteiger partial charge in [-0.1, -0.05) is 33.7 Å². The van der Waals surface area contributed by atoms with Gasteiger partial charge in [-0.05, 0) is 0 Å². The van der Waals surface area contributed by atoms with Gasteiger partial charge in [-0.25, -0.2) is 9.59 Å². The fourth-order valence-electron chi connectivity index (χ4n) is 0.473. The predicted molar refractivity (Wildman–Crippen MR) is 58.5 cm³/mol. The van der Waals surface area contributed by atoms with E-state index in [2.05, 4.69) is 0 Å². The lowest BCUT2D eigenvalue weighted by Crippen LogP contribution is -1.86. The molecule has 0 radical (unpaired) electrons. The number of carboxylic acids is 2. The molecule has 0 spiro atoms. The van der Waals surface area contributed by atoms with Crippen LogP contribution in [0.5, 0.6) is 0 Å². The molecule has 0 amide bonds. The van der Waals surface area contributed by atoms with Gasteiger partial charge in [0.05, 0.1) is 0 Å². The van der Waals surface area contributed by atoms with Crippen molar-refractivity contribution in [1.29, 1.82) is 0 Å². The Bertz CT molecular complexity index is 222. The van der Waals surface area contributed by atoms with Gasteiger partial charge in [0.25, 0.3) is 0 Å². The second-order valence-electron chi connectivity index (χ2n) is 2.05. The molecule has 0 atom stereocenters. The average Bonchev–Trinajstić information content (AvgIpc) is 2.08. The zero-order valence-electron chi connectivity index (χ0n) is 7.25. The Labute approximate surface area is 89.5 Å². The Hall–Kier alpha value is -0.880. The van der Waals surface area contributed by atoms with Crippen molar-refractivity contribution >= 4 is 33.5 Å². The molecular weight excluding hydrogens is 224 g/mol. The van der Waals surface area contributed by atoms with Gasteiger partial charge in [0.15, 0.2) is 0 Å². The quantitative estimate of drug-likeness (QED) is 0.396.